The highest BCUT2D eigenvalue weighted by Crippen LogP contribution is 2.22. The van der Waals surface area contributed by atoms with E-state index in [1.54, 1.807) is 19.1 Å². The number of carbonyl (C=O) groups is 1. The highest BCUT2D eigenvalue weighted by Gasteiger charge is 2.04. The number of esters is 1. The molecule has 18 heavy (non-hydrogen) atoms. The smallest absolute Gasteiger partial charge is 0.309 e. The van der Waals surface area contributed by atoms with Gasteiger partial charge in [-0.1, -0.05) is 23.4 Å². The first-order valence-corrected chi connectivity index (χ1v) is 5.67. The third-order valence-electron chi connectivity index (χ3n) is 2.42. The van der Waals surface area contributed by atoms with Crippen LogP contribution in [0.5, 0.6) is 0 Å². The molecule has 0 aliphatic carbocycles. The largest absolute Gasteiger partial charge is 0.466 e. The van der Waals surface area contributed by atoms with Crippen molar-refractivity contribution in [2.75, 3.05) is 12.3 Å². The van der Waals surface area contributed by atoms with Crippen LogP contribution in [0.3, 0.4) is 0 Å². The third kappa shape index (κ3) is 2.68. The number of nitrogens with two attached hydrogens (primary N) is 1. The van der Waals surface area contributed by atoms with Gasteiger partial charge in [-0.15, -0.1) is 0 Å². The van der Waals surface area contributed by atoms with Crippen molar-refractivity contribution in [1.82, 2.24) is 5.16 Å². The summed E-state index contributed by atoms with van der Waals surface area (Å²) < 4.78 is 9.83. The number of aromatic nitrogens is 1. The lowest BCUT2D eigenvalue weighted by atomic mass is 10.1. The average Bonchev–Trinajstić information content (AvgIpc) is 2.71. The molecule has 0 atom stereocenters. The Kier molecular flexibility index (Phi) is 3.62. The van der Waals surface area contributed by atoms with Gasteiger partial charge in [0.2, 0.25) is 0 Å². The van der Waals surface area contributed by atoms with Crippen molar-refractivity contribution in [3.63, 3.8) is 0 Å². The van der Waals surface area contributed by atoms with Crippen LogP contribution in [0.4, 0.5) is 5.82 Å². The van der Waals surface area contributed by atoms with E-state index in [2.05, 4.69) is 5.16 Å². The maximum Gasteiger partial charge on any atom is 0.309 e. The van der Waals surface area contributed by atoms with Gasteiger partial charge in [0.1, 0.15) is 0 Å². The number of nitrogen functional groups attached to an aromatic ring is 1. The van der Waals surface area contributed by atoms with E-state index in [-0.39, 0.29) is 12.4 Å². The molecule has 0 saturated carbocycles. The highest BCUT2D eigenvalue weighted by molar-refractivity contribution is 5.88. The predicted octanol–water partition coefficient (Wildman–Crippen LogP) is 2.38. The lowest BCUT2D eigenvalue weighted by Crippen LogP contribution is -2.01. The Balaban J connectivity index is 2.09. The lowest BCUT2D eigenvalue weighted by molar-refractivity contribution is -0.142. The summed E-state index contributed by atoms with van der Waals surface area (Å²) in [6, 6.07) is 5.53. The van der Waals surface area contributed by atoms with E-state index in [1.165, 1.54) is 0 Å². The van der Waals surface area contributed by atoms with Crippen molar-refractivity contribution in [1.29, 1.82) is 0 Å². The molecule has 0 bridgehead atoms. The van der Waals surface area contributed by atoms with Crippen LogP contribution in [0.25, 0.3) is 17.0 Å². The zero-order valence-corrected chi connectivity index (χ0v) is 10.1. The van der Waals surface area contributed by atoms with Gasteiger partial charge in [0, 0.05) is 0 Å². The lowest BCUT2D eigenvalue weighted by Gasteiger charge is -1.97. The molecule has 2 rings (SSSR count). The normalized spacial score (nSPS) is 11.2. The number of benzene rings is 1. The average molecular weight is 246 g/mol. The van der Waals surface area contributed by atoms with E-state index in [1.807, 2.05) is 18.2 Å². The highest BCUT2D eigenvalue weighted by atomic mass is 16.5. The van der Waals surface area contributed by atoms with E-state index in [9.17, 15) is 4.79 Å². The van der Waals surface area contributed by atoms with Crippen molar-refractivity contribution in [2.45, 2.75) is 13.3 Å². The number of hydrogen-bond donors (Lipinski definition) is 1. The number of carbonyl (C=O) groups excluding carboxylic acids is 1. The van der Waals surface area contributed by atoms with E-state index < -0.39 is 0 Å². The van der Waals surface area contributed by atoms with Crippen molar-refractivity contribution in [3.05, 3.63) is 29.8 Å². The summed E-state index contributed by atoms with van der Waals surface area (Å²) in [5.74, 6) is 0.130. The second kappa shape index (κ2) is 5.35. The molecule has 1 heterocycles. The molecule has 0 saturated heterocycles. The summed E-state index contributed by atoms with van der Waals surface area (Å²) >= 11 is 0. The second-order valence-electron chi connectivity index (χ2n) is 3.73. The van der Waals surface area contributed by atoms with E-state index in [4.69, 9.17) is 15.0 Å². The quantitative estimate of drug-likeness (QED) is 0.838. The van der Waals surface area contributed by atoms with Crippen molar-refractivity contribution < 1.29 is 14.1 Å². The molecule has 1 aromatic heterocycles. The number of anilines is 1. The van der Waals surface area contributed by atoms with Gasteiger partial charge in [0.25, 0.3) is 0 Å². The fraction of sp³-hybridized carbons (Fsp3) is 0.231. The molecule has 0 aliphatic heterocycles. The van der Waals surface area contributed by atoms with Crippen molar-refractivity contribution in [3.8, 4) is 0 Å². The van der Waals surface area contributed by atoms with Crippen LogP contribution in [-0.4, -0.2) is 17.7 Å². The van der Waals surface area contributed by atoms with Crippen LogP contribution in [0.2, 0.25) is 0 Å². The zero-order valence-electron chi connectivity index (χ0n) is 10.1. The van der Waals surface area contributed by atoms with Crippen LogP contribution in [0, 0.1) is 0 Å². The standard InChI is InChI=1S/C13H14N2O3/c1-2-17-12(16)5-3-4-9-6-7-11-10(8-9)13(14)15-18-11/h3-4,6-8H,2,5H2,1H3,(H2,14,15). The fourth-order valence-corrected chi connectivity index (χ4v) is 1.59. The van der Waals surface area contributed by atoms with Crippen molar-refractivity contribution in [2.24, 2.45) is 0 Å². The molecule has 0 radical (unpaired) electrons. The molecule has 0 amide bonds. The van der Waals surface area contributed by atoms with Gasteiger partial charge in [0.05, 0.1) is 18.4 Å². The molecule has 0 aliphatic rings. The molecule has 5 nitrogen and oxygen atoms in total. The summed E-state index contributed by atoms with van der Waals surface area (Å²) in [7, 11) is 0. The van der Waals surface area contributed by atoms with Gasteiger partial charge in [-0.3, -0.25) is 4.79 Å². The Hall–Kier alpha value is -2.30. The van der Waals surface area contributed by atoms with Gasteiger partial charge in [0.15, 0.2) is 11.4 Å². The predicted molar refractivity (Wildman–Crippen MR) is 68.7 cm³/mol. The van der Waals surface area contributed by atoms with Crippen LogP contribution >= 0.6 is 0 Å². The number of rotatable bonds is 4. The molecular weight excluding hydrogens is 232 g/mol. The number of hydrogen-bond acceptors (Lipinski definition) is 5. The molecule has 0 spiro atoms. The molecule has 94 valence electrons. The number of nitrogens with zero attached hydrogens (tertiary/aromatic N) is 1. The number of fused-ring (bicyclic) bond motifs is 1. The summed E-state index contributed by atoms with van der Waals surface area (Å²) in [5.41, 5.74) is 7.24. The third-order valence-corrected chi connectivity index (χ3v) is 2.42. The first-order valence-electron chi connectivity index (χ1n) is 5.67. The Morgan fingerprint density at radius 2 is 2.39 bits per heavy atom. The van der Waals surface area contributed by atoms with E-state index in [0.717, 1.165) is 10.9 Å². The topological polar surface area (TPSA) is 78.3 Å². The van der Waals surface area contributed by atoms with Crippen LogP contribution in [0.1, 0.15) is 18.9 Å². The summed E-state index contributed by atoms with van der Waals surface area (Å²) in [4.78, 5) is 11.1. The molecule has 2 N–H and O–H groups in total. The van der Waals surface area contributed by atoms with Crippen LogP contribution in [0.15, 0.2) is 28.8 Å². The van der Waals surface area contributed by atoms with Gasteiger partial charge in [-0.2, -0.15) is 0 Å². The van der Waals surface area contributed by atoms with Crippen molar-refractivity contribution >= 4 is 28.8 Å². The maximum absolute atomic E-state index is 11.1. The minimum atomic E-state index is -0.237. The summed E-state index contributed by atoms with van der Waals surface area (Å²) in [6.07, 6.45) is 3.84. The minimum absolute atomic E-state index is 0.237. The van der Waals surface area contributed by atoms with Gasteiger partial charge < -0.3 is 15.0 Å². The number of ether oxygens (including phenoxy) is 1. The van der Waals surface area contributed by atoms with Gasteiger partial charge >= 0.3 is 5.97 Å². The van der Waals surface area contributed by atoms with Crippen LogP contribution in [-0.2, 0) is 9.53 Å². The first kappa shape index (κ1) is 12.2. The monoisotopic (exact) mass is 246 g/mol. The second-order valence-corrected chi connectivity index (χ2v) is 3.73. The Labute approximate surface area is 104 Å². The maximum atomic E-state index is 11.1. The molecule has 0 fully saturated rings. The molecule has 1 aromatic carbocycles. The molecular formula is C13H14N2O3. The van der Waals surface area contributed by atoms with Crippen LogP contribution < -0.4 is 5.73 Å². The van der Waals surface area contributed by atoms with Gasteiger partial charge in [-0.25, -0.2) is 0 Å². The SMILES string of the molecule is CCOC(=O)CC=Cc1ccc2onc(N)c2c1. The first-order chi connectivity index (χ1) is 8.70. The minimum Gasteiger partial charge on any atom is -0.466 e. The summed E-state index contributed by atoms with van der Waals surface area (Å²) in [5, 5.41) is 4.45. The Bertz CT molecular complexity index is 587. The molecule has 5 heteroatoms. The fourth-order valence-electron chi connectivity index (χ4n) is 1.59. The Morgan fingerprint density at radius 3 is 3.17 bits per heavy atom. The molecule has 2 aromatic rings. The van der Waals surface area contributed by atoms with E-state index in [0.29, 0.717) is 18.0 Å². The van der Waals surface area contributed by atoms with E-state index >= 15 is 0 Å². The molecule has 0 unspecified atom stereocenters. The summed E-state index contributed by atoms with van der Waals surface area (Å²) in [6.45, 7) is 2.18. The van der Waals surface area contributed by atoms with Gasteiger partial charge in [-0.05, 0) is 24.6 Å². The Morgan fingerprint density at radius 1 is 1.56 bits per heavy atom. The zero-order chi connectivity index (χ0) is 13.0.